The second-order valence-corrected chi connectivity index (χ2v) is 3.18. The van der Waals surface area contributed by atoms with E-state index in [1.165, 1.54) is 0 Å². The monoisotopic (exact) mass is 162 g/mol. The fourth-order valence-electron chi connectivity index (χ4n) is 1.18. The van der Waals surface area contributed by atoms with Crippen LogP contribution >= 0.6 is 0 Å². The molecule has 12 heavy (non-hydrogen) atoms. The van der Waals surface area contributed by atoms with Gasteiger partial charge in [-0.25, -0.2) is 0 Å². The van der Waals surface area contributed by atoms with Crippen LogP contribution in [-0.2, 0) is 0 Å². The van der Waals surface area contributed by atoms with Crippen LogP contribution in [0, 0.1) is 12.3 Å². The lowest BCUT2D eigenvalue weighted by Gasteiger charge is -2.12. The summed E-state index contributed by atoms with van der Waals surface area (Å²) in [6.45, 7) is 6.20. The second-order valence-electron chi connectivity index (χ2n) is 3.18. The number of rotatable bonds is 2. The van der Waals surface area contributed by atoms with Gasteiger partial charge >= 0.3 is 0 Å². The maximum atomic E-state index is 5.34. The van der Waals surface area contributed by atoms with Crippen molar-refractivity contribution >= 4 is 0 Å². The number of hydrogen-bond acceptors (Lipinski definition) is 1. The molecule has 0 saturated carbocycles. The molecule has 2 heteroatoms. The molecular weight excluding hydrogens is 148 g/mol. The van der Waals surface area contributed by atoms with E-state index in [0.29, 0.717) is 6.04 Å². The molecule has 1 rings (SSSR count). The molecule has 1 heterocycles. The van der Waals surface area contributed by atoms with Gasteiger partial charge in [-0.1, -0.05) is 5.92 Å². The summed E-state index contributed by atoms with van der Waals surface area (Å²) in [5, 5.41) is 4.21. The molecule has 1 unspecified atom stereocenters. The summed E-state index contributed by atoms with van der Waals surface area (Å²) in [6.07, 6.45) is 7.14. The Hall–Kier alpha value is -1.23. The molecule has 0 aliphatic rings. The minimum Gasteiger partial charge on any atom is -0.266 e. The summed E-state index contributed by atoms with van der Waals surface area (Å²) in [7, 11) is 0. The summed E-state index contributed by atoms with van der Waals surface area (Å²) < 4.78 is 1.96. The van der Waals surface area contributed by atoms with Gasteiger partial charge in [0.05, 0.1) is 11.6 Å². The summed E-state index contributed by atoms with van der Waals surface area (Å²) in [5.74, 6) is 2.85. The molecule has 1 aromatic rings. The third-order valence-corrected chi connectivity index (χ3v) is 1.88. The van der Waals surface area contributed by atoms with Crippen LogP contribution in [0.3, 0.4) is 0 Å². The highest BCUT2D eigenvalue weighted by atomic mass is 15.3. The Morgan fingerprint density at radius 1 is 1.50 bits per heavy atom. The predicted molar refractivity (Wildman–Crippen MR) is 49.9 cm³/mol. The van der Waals surface area contributed by atoms with E-state index in [-0.39, 0.29) is 5.92 Å². The predicted octanol–water partition coefficient (Wildman–Crippen LogP) is 2.20. The van der Waals surface area contributed by atoms with E-state index in [9.17, 15) is 0 Å². The molecule has 0 fully saturated rings. The van der Waals surface area contributed by atoms with Gasteiger partial charge in [-0.15, -0.1) is 6.42 Å². The molecule has 1 aromatic heterocycles. The van der Waals surface area contributed by atoms with Crippen molar-refractivity contribution in [1.29, 1.82) is 0 Å². The van der Waals surface area contributed by atoms with Crippen LogP contribution in [-0.4, -0.2) is 9.78 Å². The van der Waals surface area contributed by atoms with E-state index in [1.807, 2.05) is 17.7 Å². The number of nitrogens with zero attached hydrogens (tertiary/aromatic N) is 2. The molecule has 0 N–H and O–H groups in total. The molecule has 0 aliphatic carbocycles. The first-order valence-corrected chi connectivity index (χ1v) is 4.16. The Bertz CT molecular complexity index is 291. The summed E-state index contributed by atoms with van der Waals surface area (Å²) >= 11 is 0. The molecule has 0 radical (unpaired) electrons. The molecule has 0 aliphatic heterocycles. The molecule has 64 valence electrons. The highest BCUT2D eigenvalue weighted by molar-refractivity contribution is 5.17. The van der Waals surface area contributed by atoms with E-state index in [0.717, 1.165) is 5.69 Å². The smallest absolute Gasteiger partial charge is 0.0591 e. The number of hydrogen-bond donors (Lipinski definition) is 0. The summed E-state index contributed by atoms with van der Waals surface area (Å²) in [4.78, 5) is 0. The van der Waals surface area contributed by atoms with Gasteiger partial charge < -0.3 is 0 Å². The average molecular weight is 162 g/mol. The van der Waals surface area contributed by atoms with E-state index in [2.05, 4.69) is 24.9 Å². The average Bonchev–Trinajstić information content (AvgIpc) is 2.50. The van der Waals surface area contributed by atoms with Crippen molar-refractivity contribution in [2.45, 2.75) is 32.7 Å². The van der Waals surface area contributed by atoms with Crippen LogP contribution in [0.5, 0.6) is 0 Å². The van der Waals surface area contributed by atoms with Crippen LogP contribution in [0.4, 0.5) is 0 Å². The SMILES string of the molecule is C#CC(C)c1ccnn1C(C)C. The van der Waals surface area contributed by atoms with Gasteiger partial charge in [-0.05, 0) is 26.8 Å². The van der Waals surface area contributed by atoms with Crippen molar-refractivity contribution in [1.82, 2.24) is 9.78 Å². The van der Waals surface area contributed by atoms with Gasteiger partial charge in [-0.2, -0.15) is 5.10 Å². The Morgan fingerprint density at radius 2 is 2.17 bits per heavy atom. The summed E-state index contributed by atoms with van der Waals surface area (Å²) in [6, 6.07) is 2.36. The molecule has 2 nitrogen and oxygen atoms in total. The Kier molecular flexibility index (Phi) is 2.54. The maximum absolute atomic E-state index is 5.34. The highest BCUT2D eigenvalue weighted by Crippen LogP contribution is 2.16. The van der Waals surface area contributed by atoms with Crippen LogP contribution in [0.2, 0.25) is 0 Å². The van der Waals surface area contributed by atoms with Crippen molar-refractivity contribution in [2.24, 2.45) is 0 Å². The van der Waals surface area contributed by atoms with Crippen LogP contribution in [0.25, 0.3) is 0 Å². The Morgan fingerprint density at radius 3 is 2.67 bits per heavy atom. The lowest BCUT2D eigenvalue weighted by Crippen LogP contribution is -2.08. The minimum atomic E-state index is 0.148. The molecule has 0 aromatic carbocycles. The number of terminal acetylenes is 1. The van der Waals surface area contributed by atoms with Crippen LogP contribution < -0.4 is 0 Å². The van der Waals surface area contributed by atoms with Crippen molar-refractivity contribution < 1.29 is 0 Å². The van der Waals surface area contributed by atoms with Crippen molar-refractivity contribution in [2.75, 3.05) is 0 Å². The highest BCUT2D eigenvalue weighted by Gasteiger charge is 2.09. The van der Waals surface area contributed by atoms with E-state index < -0.39 is 0 Å². The zero-order valence-electron chi connectivity index (χ0n) is 7.78. The zero-order chi connectivity index (χ0) is 9.14. The normalized spacial score (nSPS) is 12.9. The minimum absolute atomic E-state index is 0.148. The molecular formula is C10H14N2. The van der Waals surface area contributed by atoms with Crippen molar-refractivity contribution in [3.05, 3.63) is 18.0 Å². The van der Waals surface area contributed by atoms with Gasteiger partial charge in [-0.3, -0.25) is 4.68 Å². The standard InChI is InChI=1S/C10H14N2/c1-5-9(4)10-6-7-11-12(10)8(2)3/h1,6-9H,2-4H3. The molecule has 1 atom stereocenters. The van der Waals surface area contributed by atoms with Gasteiger partial charge in [0, 0.05) is 12.2 Å². The van der Waals surface area contributed by atoms with Gasteiger partial charge in [0.2, 0.25) is 0 Å². The quantitative estimate of drug-likeness (QED) is 0.609. The Labute approximate surface area is 73.6 Å². The summed E-state index contributed by atoms with van der Waals surface area (Å²) in [5.41, 5.74) is 1.12. The molecule has 0 bridgehead atoms. The topological polar surface area (TPSA) is 17.8 Å². The van der Waals surface area contributed by atoms with Crippen molar-refractivity contribution in [3.8, 4) is 12.3 Å². The van der Waals surface area contributed by atoms with E-state index in [4.69, 9.17) is 6.42 Å². The van der Waals surface area contributed by atoms with E-state index in [1.54, 1.807) is 6.20 Å². The first-order chi connectivity index (χ1) is 5.66. The van der Waals surface area contributed by atoms with Gasteiger partial charge in [0.25, 0.3) is 0 Å². The first-order valence-electron chi connectivity index (χ1n) is 4.16. The maximum Gasteiger partial charge on any atom is 0.0591 e. The molecule has 0 amide bonds. The largest absolute Gasteiger partial charge is 0.266 e. The zero-order valence-corrected chi connectivity index (χ0v) is 7.78. The van der Waals surface area contributed by atoms with Crippen LogP contribution in [0.1, 0.15) is 38.4 Å². The van der Waals surface area contributed by atoms with Gasteiger partial charge in [0.15, 0.2) is 0 Å². The number of aromatic nitrogens is 2. The third kappa shape index (κ3) is 1.50. The molecule has 0 saturated heterocycles. The fourth-order valence-corrected chi connectivity index (χ4v) is 1.18. The fraction of sp³-hybridized carbons (Fsp3) is 0.500. The van der Waals surface area contributed by atoms with Gasteiger partial charge in [0.1, 0.15) is 0 Å². The van der Waals surface area contributed by atoms with E-state index >= 15 is 0 Å². The first kappa shape index (κ1) is 8.86. The molecule has 0 spiro atoms. The lowest BCUT2D eigenvalue weighted by molar-refractivity contribution is 0.506. The second kappa shape index (κ2) is 3.44. The Balaban J connectivity index is 3.01. The van der Waals surface area contributed by atoms with Crippen molar-refractivity contribution in [3.63, 3.8) is 0 Å². The van der Waals surface area contributed by atoms with Crippen LogP contribution in [0.15, 0.2) is 12.3 Å². The third-order valence-electron chi connectivity index (χ3n) is 1.88. The lowest BCUT2D eigenvalue weighted by atomic mass is 10.1.